The summed E-state index contributed by atoms with van der Waals surface area (Å²) in [6, 6.07) is 3.71. The summed E-state index contributed by atoms with van der Waals surface area (Å²) in [6.45, 7) is 1.92. The van der Waals surface area contributed by atoms with E-state index >= 15 is 0 Å². The van der Waals surface area contributed by atoms with Crippen LogP contribution in [0.1, 0.15) is 36.9 Å². The molecular formula is C12H16N2OS. The molecule has 0 amide bonds. The summed E-state index contributed by atoms with van der Waals surface area (Å²) in [5, 5.41) is 0. The maximum absolute atomic E-state index is 5.82. The molecule has 2 N–H and O–H groups in total. The van der Waals surface area contributed by atoms with Crippen LogP contribution in [0.2, 0.25) is 0 Å². The van der Waals surface area contributed by atoms with Crippen molar-refractivity contribution in [2.45, 2.75) is 38.7 Å². The van der Waals surface area contributed by atoms with Crippen LogP contribution >= 0.6 is 12.2 Å². The summed E-state index contributed by atoms with van der Waals surface area (Å²) in [5.41, 5.74) is 7.32. The zero-order valence-corrected chi connectivity index (χ0v) is 10.2. The summed E-state index contributed by atoms with van der Waals surface area (Å²) in [5.74, 6) is 0.648. The highest BCUT2D eigenvalue weighted by atomic mass is 32.1. The van der Waals surface area contributed by atoms with Gasteiger partial charge in [-0.25, -0.2) is 4.98 Å². The molecule has 2 rings (SSSR count). The van der Waals surface area contributed by atoms with Gasteiger partial charge in [0.2, 0.25) is 5.88 Å². The fraction of sp³-hybridized carbons (Fsp3) is 0.500. The Kier molecular flexibility index (Phi) is 3.39. The summed E-state index contributed by atoms with van der Waals surface area (Å²) in [4.78, 5) is 4.73. The molecule has 1 aliphatic carbocycles. The van der Waals surface area contributed by atoms with E-state index in [0.29, 0.717) is 17.0 Å². The molecule has 1 saturated carbocycles. The molecular weight excluding hydrogens is 220 g/mol. The third-order valence-electron chi connectivity index (χ3n) is 2.80. The monoisotopic (exact) mass is 236 g/mol. The van der Waals surface area contributed by atoms with Crippen molar-refractivity contribution in [3.63, 3.8) is 0 Å². The molecule has 1 heterocycles. The molecule has 0 aliphatic heterocycles. The minimum Gasteiger partial charge on any atom is -0.474 e. The van der Waals surface area contributed by atoms with E-state index in [9.17, 15) is 0 Å². The molecule has 4 heteroatoms. The first-order valence-corrected chi connectivity index (χ1v) is 6.01. The molecule has 16 heavy (non-hydrogen) atoms. The third kappa shape index (κ3) is 2.70. The second-order valence-electron chi connectivity index (χ2n) is 4.22. The molecule has 0 atom stereocenters. The summed E-state index contributed by atoms with van der Waals surface area (Å²) in [6.07, 6.45) is 5.06. The van der Waals surface area contributed by atoms with E-state index in [1.807, 2.05) is 19.1 Å². The Morgan fingerprint density at radius 1 is 1.44 bits per heavy atom. The van der Waals surface area contributed by atoms with E-state index in [4.69, 9.17) is 22.7 Å². The molecule has 0 bridgehead atoms. The van der Waals surface area contributed by atoms with E-state index in [0.717, 1.165) is 24.1 Å². The van der Waals surface area contributed by atoms with Gasteiger partial charge in [-0.2, -0.15) is 0 Å². The van der Waals surface area contributed by atoms with Crippen LogP contribution in [0.3, 0.4) is 0 Å². The average molecular weight is 236 g/mol. The van der Waals surface area contributed by atoms with E-state index in [1.54, 1.807) is 0 Å². The molecule has 0 unspecified atom stereocenters. The van der Waals surface area contributed by atoms with Crippen molar-refractivity contribution in [2.75, 3.05) is 0 Å². The van der Waals surface area contributed by atoms with E-state index in [1.165, 1.54) is 12.8 Å². The van der Waals surface area contributed by atoms with Gasteiger partial charge in [0.05, 0.1) is 0 Å². The van der Waals surface area contributed by atoms with Crippen LogP contribution in [-0.4, -0.2) is 16.1 Å². The fourth-order valence-corrected chi connectivity index (χ4v) is 2.14. The number of hydrogen-bond acceptors (Lipinski definition) is 3. The van der Waals surface area contributed by atoms with E-state index in [2.05, 4.69) is 4.98 Å². The Morgan fingerprint density at radius 3 is 2.75 bits per heavy atom. The van der Waals surface area contributed by atoms with Crippen molar-refractivity contribution < 1.29 is 4.74 Å². The highest BCUT2D eigenvalue weighted by Crippen LogP contribution is 2.23. The Labute approximate surface area is 101 Å². The molecule has 86 valence electrons. The number of pyridine rings is 1. The van der Waals surface area contributed by atoms with Crippen molar-refractivity contribution in [1.29, 1.82) is 0 Å². The summed E-state index contributed by atoms with van der Waals surface area (Å²) < 4.78 is 5.82. The first-order valence-electron chi connectivity index (χ1n) is 5.60. The van der Waals surface area contributed by atoms with Gasteiger partial charge in [0.25, 0.3) is 0 Å². The van der Waals surface area contributed by atoms with Crippen LogP contribution in [0.5, 0.6) is 5.88 Å². The van der Waals surface area contributed by atoms with Gasteiger partial charge in [0.1, 0.15) is 11.1 Å². The van der Waals surface area contributed by atoms with Crippen LogP contribution in [0.25, 0.3) is 0 Å². The maximum Gasteiger partial charge on any atom is 0.214 e. The van der Waals surface area contributed by atoms with Crippen molar-refractivity contribution in [1.82, 2.24) is 4.98 Å². The number of aromatic nitrogens is 1. The van der Waals surface area contributed by atoms with Crippen LogP contribution in [0.4, 0.5) is 0 Å². The van der Waals surface area contributed by atoms with Crippen molar-refractivity contribution in [3.05, 3.63) is 23.4 Å². The van der Waals surface area contributed by atoms with Gasteiger partial charge < -0.3 is 10.5 Å². The Bertz CT molecular complexity index is 400. The van der Waals surface area contributed by atoms with Gasteiger partial charge in [-0.1, -0.05) is 12.2 Å². The molecule has 0 spiro atoms. The normalized spacial score (nSPS) is 16.3. The number of rotatable bonds is 3. The van der Waals surface area contributed by atoms with E-state index < -0.39 is 0 Å². The average Bonchev–Trinajstić information content (AvgIpc) is 2.69. The smallest absolute Gasteiger partial charge is 0.214 e. The van der Waals surface area contributed by atoms with Crippen LogP contribution < -0.4 is 10.5 Å². The lowest BCUT2D eigenvalue weighted by Crippen LogP contribution is -2.14. The van der Waals surface area contributed by atoms with Crippen molar-refractivity contribution >= 4 is 17.2 Å². The molecule has 3 nitrogen and oxygen atoms in total. The first kappa shape index (κ1) is 11.3. The zero-order chi connectivity index (χ0) is 11.5. The molecule has 0 aromatic carbocycles. The number of ether oxygens (including phenoxy) is 1. The quantitative estimate of drug-likeness (QED) is 0.818. The standard InChI is InChI=1S/C12H16N2OS/c1-8-6-9(12(13)16)7-11(14-8)15-10-4-2-3-5-10/h6-7,10H,2-5H2,1H3,(H2,13,16). The first-order chi connectivity index (χ1) is 7.65. The van der Waals surface area contributed by atoms with Crippen molar-refractivity contribution in [2.24, 2.45) is 5.73 Å². The number of nitrogens with zero attached hydrogens (tertiary/aromatic N) is 1. The number of hydrogen-bond donors (Lipinski definition) is 1. The predicted molar refractivity (Wildman–Crippen MR) is 67.7 cm³/mol. The van der Waals surface area contributed by atoms with Crippen LogP contribution in [-0.2, 0) is 0 Å². The molecule has 1 fully saturated rings. The van der Waals surface area contributed by atoms with Gasteiger partial charge in [0, 0.05) is 17.3 Å². The lowest BCUT2D eigenvalue weighted by molar-refractivity contribution is 0.201. The van der Waals surface area contributed by atoms with Crippen LogP contribution in [0.15, 0.2) is 12.1 Å². The number of nitrogens with two attached hydrogens (primary N) is 1. The molecule has 0 radical (unpaired) electrons. The van der Waals surface area contributed by atoms with Gasteiger partial charge in [-0.05, 0) is 38.7 Å². The molecule has 0 saturated heterocycles. The zero-order valence-electron chi connectivity index (χ0n) is 9.40. The topological polar surface area (TPSA) is 48.1 Å². The van der Waals surface area contributed by atoms with Gasteiger partial charge >= 0.3 is 0 Å². The molecule has 1 aromatic rings. The third-order valence-corrected chi connectivity index (χ3v) is 3.04. The predicted octanol–water partition coefficient (Wildman–Crippen LogP) is 2.35. The minimum atomic E-state index is 0.313. The van der Waals surface area contributed by atoms with Gasteiger partial charge in [-0.15, -0.1) is 0 Å². The highest BCUT2D eigenvalue weighted by molar-refractivity contribution is 7.80. The fourth-order valence-electron chi connectivity index (χ4n) is 2.02. The Balaban J connectivity index is 2.16. The Hall–Kier alpha value is -1.16. The summed E-state index contributed by atoms with van der Waals surface area (Å²) >= 11 is 4.96. The molecule has 1 aliphatic rings. The maximum atomic E-state index is 5.82. The number of aryl methyl sites for hydroxylation is 1. The lowest BCUT2D eigenvalue weighted by Gasteiger charge is -2.13. The van der Waals surface area contributed by atoms with Gasteiger partial charge in [0.15, 0.2) is 0 Å². The minimum absolute atomic E-state index is 0.313. The molecule has 1 aromatic heterocycles. The van der Waals surface area contributed by atoms with Gasteiger partial charge in [-0.3, -0.25) is 0 Å². The van der Waals surface area contributed by atoms with E-state index in [-0.39, 0.29) is 0 Å². The largest absolute Gasteiger partial charge is 0.474 e. The SMILES string of the molecule is Cc1cc(C(N)=S)cc(OC2CCCC2)n1. The second-order valence-corrected chi connectivity index (χ2v) is 4.66. The van der Waals surface area contributed by atoms with Crippen LogP contribution in [0, 0.1) is 6.92 Å². The number of thiocarbonyl (C=S) groups is 1. The van der Waals surface area contributed by atoms with Crippen molar-refractivity contribution in [3.8, 4) is 5.88 Å². The highest BCUT2D eigenvalue weighted by Gasteiger charge is 2.17. The Morgan fingerprint density at radius 2 is 2.12 bits per heavy atom. The lowest BCUT2D eigenvalue weighted by atomic mass is 10.2. The summed E-state index contributed by atoms with van der Waals surface area (Å²) in [7, 11) is 0. The second kappa shape index (κ2) is 4.78.